The number of amides is 1. The van der Waals surface area contributed by atoms with Crippen LogP contribution in [0.1, 0.15) is 24.8 Å². The van der Waals surface area contributed by atoms with Crippen LogP contribution in [0.4, 0.5) is 0 Å². The molecule has 0 saturated carbocycles. The summed E-state index contributed by atoms with van der Waals surface area (Å²) in [5.74, 6) is 1.56. The van der Waals surface area contributed by atoms with Gasteiger partial charge in [0, 0.05) is 37.4 Å². The Morgan fingerprint density at radius 1 is 1.06 bits per heavy atom. The van der Waals surface area contributed by atoms with Crippen LogP contribution >= 0.6 is 35.0 Å². The lowest BCUT2D eigenvalue weighted by Crippen LogP contribution is -2.38. The second-order valence-corrected chi connectivity index (χ2v) is 10.6. The zero-order valence-electron chi connectivity index (χ0n) is 20.4. The number of nitrogens with zero attached hydrogens (tertiary/aromatic N) is 4. The van der Waals surface area contributed by atoms with E-state index in [1.807, 2.05) is 28.8 Å². The summed E-state index contributed by atoms with van der Waals surface area (Å²) in [6.45, 7) is 7.30. The average Bonchev–Trinajstić information content (AvgIpc) is 3.31. The van der Waals surface area contributed by atoms with Gasteiger partial charge in [0.15, 0.2) is 11.0 Å². The van der Waals surface area contributed by atoms with Crippen LogP contribution in [0.2, 0.25) is 10.0 Å². The highest BCUT2D eigenvalue weighted by atomic mass is 35.5. The summed E-state index contributed by atoms with van der Waals surface area (Å²) >= 11 is 14.0. The van der Waals surface area contributed by atoms with Crippen molar-refractivity contribution >= 4 is 40.9 Å². The molecule has 1 N–H and O–H groups in total. The SMILES string of the molecule is Cc1ccc(-c2nnc(SCCCC(=O)NCCCN3CCOCC3)n2-c2ccc(Cl)c(Cl)c2)cc1. The van der Waals surface area contributed by atoms with Gasteiger partial charge in [-0.2, -0.15) is 0 Å². The van der Waals surface area contributed by atoms with Gasteiger partial charge in [-0.25, -0.2) is 0 Å². The van der Waals surface area contributed by atoms with Gasteiger partial charge in [0.2, 0.25) is 5.91 Å². The van der Waals surface area contributed by atoms with E-state index in [4.69, 9.17) is 27.9 Å². The van der Waals surface area contributed by atoms with Crippen LogP contribution in [-0.4, -0.2) is 70.7 Å². The van der Waals surface area contributed by atoms with E-state index in [0.29, 0.717) is 23.0 Å². The first-order valence-electron chi connectivity index (χ1n) is 12.2. The number of benzene rings is 2. The number of aryl methyl sites for hydroxylation is 1. The molecule has 7 nitrogen and oxygen atoms in total. The van der Waals surface area contributed by atoms with Crippen LogP contribution in [0, 0.1) is 6.92 Å². The summed E-state index contributed by atoms with van der Waals surface area (Å²) < 4.78 is 7.36. The molecular formula is C26H31Cl2N5O2S. The summed E-state index contributed by atoms with van der Waals surface area (Å²) in [5, 5.41) is 13.7. The third-order valence-corrected chi connectivity index (χ3v) is 7.72. The number of hydrogen-bond acceptors (Lipinski definition) is 6. The van der Waals surface area contributed by atoms with E-state index in [-0.39, 0.29) is 5.91 Å². The average molecular weight is 549 g/mol. The van der Waals surface area contributed by atoms with Gasteiger partial charge in [0.1, 0.15) is 0 Å². The summed E-state index contributed by atoms with van der Waals surface area (Å²) in [6.07, 6.45) is 2.18. The maximum atomic E-state index is 12.3. The van der Waals surface area contributed by atoms with Crippen molar-refractivity contribution in [2.45, 2.75) is 31.3 Å². The summed E-state index contributed by atoms with van der Waals surface area (Å²) in [4.78, 5) is 14.6. The van der Waals surface area contributed by atoms with E-state index >= 15 is 0 Å². The summed E-state index contributed by atoms with van der Waals surface area (Å²) in [5.41, 5.74) is 2.97. The van der Waals surface area contributed by atoms with E-state index in [1.165, 1.54) is 5.56 Å². The Morgan fingerprint density at radius 2 is 1.83 bits per heavy atom. The topological polar surface area (TPSA) is 72.3 Å². The van der Waals surface area contributed by atoms with Crippen LogP contribution in [0.25, 0.3) is 17.1 Å². The van der Waals surface area contributed by atoms with Crippen molar-refractivity contribution in [3.05, 3.63) is 58.1 Å². The van der Waals surface area contributed by atoms with Gasteiger partial charge in [-0.3, -0.25) is 14.3 Å². The van der Waals surface area contributed by atoms with Gasteiger partial charge in [-0.15, -0.1) is 10.2 Å². The molecule has 1 aliphatic rings. The van der Waals surface area contributed by atoms with Gasteiger partial charge in [-0.05, 0) is 44.5 Å². The number of carbonyl (C=O) groups excluding carboxylic acids is 1. The first-order chi connectivity index (χ1) is 17.5. The number of morpholine rings is 1. The largest absolute Gasteiger partial charge is 0.379 e. The summed E-state index contributed by atoms with van der Waals surface area (Å²) in [7, 11) is 0. The molecule has 1 aromatic heterocycles. The van der Waals surface area contributed by atoms with Gasteiger partial charge in [0.05, 0.1) is 28.9 Å². The van der Waals surface area contributed by atoms with Crippen molar-refractivity contribution in [2.24, 2.45) is 0 Å². The third-order valence-electron chi connectivity index (χ3n) is 5.96. The number of nitrogens with one attached hydrogen (secondary N) is 1. The van der Waals surface area contributed by atoms with Crippen LogP contribution < -0.4 is 5.32 Å². The smallest absolute Gasteiger partial charge is 0.220 e. The lowest BCUT2D eigenvalue weighted by atomic mass is 10.1. The molecule has 10 heteroatoms. The Bertz CT molecular complexity index is 1150. The predicted octanol–water partition coefficient (Wildman–Crippen LogP) is 5.26. The van der Waals surface area contributed by atoms with Crippen molar-refractivity contribution in [3.8, 4) is 17.1 Å². The minimum absolute atomic E-state index is 0.0869. The lowest BCUT2D eigenvalue weighted by Gasteiger charge is -2.26. The molecule has 1 amide bonds. The fourth-order valence-electron chi connectivity index (χ4n) is 3.95. The molecule has 0 aliphatic carbocycles. The van der Waals surface area contributed by atoms with Crippen LogP contribution in [0.5, 0.6) is 0 Å². The Morgan fingerprint density at radius 3 is 2.58 bits per heavy atom. The normalized spacial score (nSPS) is 14.2. The Labute approximate surface area is 226 Å². The van der Waals surface area contributed by atoms with Gasteiger partial charge < -0.3 is 10.1 Å². The maximum Gasteiger partial charge on any atom is 0.220 e. The van der Waals surface area contributed by atoms with E-state index < -0.39 is 0 Å². The minimum atomic E-state index is 0.0869. The first-order valence-corrected chi connectivity index (χ1v) is 13.9. The quantitative estimate of drug-likeness (QED) is 0.260. The van der Waals surface area contributed by atoms with Crippen molar-refractivity contribution in [3.63, 3.8) is 0 Å². The molecule has 2 heterocycles. The molecule has 0 unspecified atom stereocenters. The zero-order valence-corrected chi connectivity index (χ0v) is 22.7. The van der Waals surface area contributed by atoms with Gasteiger partial charge in [0.25, 0.3) is 0 Å². The van der Waals surface area contributed by atoms with E-state index in [2.05, 4.69) is 39.5 Å². The standard InChI is InChI=1S/C26H31Cl2N5O2S/c1-19-5-7-20(8-6-19)25-30-31-26(33(25)21-9-10-22(27)23(28)18-21)36-17-2-4-24(34)29-11-3-12-32-13-15-35-16-14-32/h5-10,18H,2-4,11-17H2,1H3,(H,29,34). The second kappa shape index (κ2) is 13.4. The Balaban J connectivity index is 1.32. The molecule has 1 aliphatic heterocycles. The van der Waals surface area contributed by atoms with E-state index in [9.17, 15) is 4.79 Å². The second-order valence-electron chi connectivity index (χ2n) is 8.72. The monoisotopic (exact) mass is 547 g/mol. The molecule has 0 radical (unpaired) electrons. The molecule has 0 bridgehead atoms. The van der Waals surface area contributed by atoms with E-state index in [0.717, 1.165) is 73.7 Å². The highest BCUT2D eigenvalue weighted by Gasteiger charge is 2.17. The zero-order chi connectivity index (χ0) is 25.3. The third kappa shape index (κ3) is 7.46. The van der Waals surface area contributed by atoms with Crippen LogP contribution in [0.15, 0.2) is 47.6 Å². The minimum Gasteiger partial charge on any atom is -0.379 e. The fraction of sp³-hybridized carbons (Fsp3) is 0.423. The molecule has 4 rings (SSSR count). The number of carbonyl (C=O) groups is 1. The summed E-state index contributed by atoms with van der Waals surface area (Å²) in [6, 6.07) is 13.7. The van der Waals surface area contributed by atoms with E-state index in [1.54, 1.807) is 17.8 Å². The highest BCUT2D eigenvalue weighted by Crippen LogP contribution is 2.31. The molecule has 2 aromatic carbocycles. The molecule has 1 fully saturated rings. The van der Waals surface area contributed by atoms with Crippen molar-refractivity contribution < 1.29 is 9.53 Å². The molecule has 0 spiro atoms. The maximum absolute atomic E-state index is 12.3. The molecule has 1 saturated heterocycles. The van der Waals surface area contributed by atoms with Crippen molar-refractivity contribution in [2.75, 3.05) is 45.1 Å². The van der Waals surface area contributed by atoms with Gasteiger partial charge >= 0.3 is 0 Å². The molecule has 36 heavy (non-hydrogen) atoms. The van der Waals surface area contributed by atoms with Crippen molar-refractivity contribution in [1.29, 1.82) is 0 Å². The lowest BCUT2D eigenvalue weighted by molar-refractivity contribution is -0.121. The number of ether oxygens (including phenoxy) is 1. The molecule has 192 valence electrons. The predicted molar refractivity (Wildman–Crippen MR) is 146 cm³/mol. The number of rotatable bonds is 11. The Hall–Kier alpha value is -2.10. The van der Waals surface area contributed by atoms with Crippen LogP contribution in [0.3, 0.4) is 0 Å². The number of thioether (sulfide) groups is 1. The van der Waals surface area contributed by atoms with Crippen LogP contribution in [-0.2, 0) is 9.53 Å². The molecule has 3 aromatic rings. The molecular weight excluding hydrogens is 517 g/mol. The number of hydrogen-bond donors (Lipinski definition) is 1. The Kier molecular flexibility index (Phi) is 10.1. The first kappa shape index (κ1) is 26.9. The highest BCUT2D eigenvalue weighted by molar-refractivity contribution is 7.99. The molecule has 0 atom stereocenters. The number of halogens is 2. The van der Waals surface area contributed by atoms with Gasteiger partial charge in [-0.1, -0.05) is 64.8 Å². The fourth-order valence-corrected chi connectivity index (χ4v) is 5.13. The number of aromatic nitrogens is 3. The van der Waals surface area contributed by atoms with Crippen molar-refractivity contribution in [1.82, 2.24) is 25.0 Å².